The first kappa shape index (κ1) is 11.9. The Morgan fingerprint density at radius 3 is 2.80 bits per heavy atom. The van der Waals surface area contributed by atoms with Gasteiger partial charge in [-0.3, -0.25) is 0 Å². The van der Waals surface area contributed by atoms with Crippen molar-refractivity contribution in [3.05, 3.63) is 40.4 Å². The summed E-state index contributed by atoms with van der Waals surface area (Å²) < 4.78 is 0. The number of halogens is 2. The van der Waals surface area contributed by atoms with Gasteiger partial charge in [-0.05, 0) is 12.1 Å². The molecule has 0 aromatic heterocycles. The van der Waals surface area contributed by atoms with E-state index in [1.165, 1.54) is 5.54 Å². The zero-order valence-corrected chi connectivity index (χ0v) is 9.76. The summed E-state index contributed by atoms with van der Waals surface area (Å²) >= 11 is 11.3. The van der Waals surface area contributed by atoms with Gasteiger partial charge in [-0.15, -0.1) is 0 Å². The molecule has 0 saturated carbocycles. The zero-order valence-electron chi connectivity index (χ0n) is 8.24. The SMILES string of the molecule is CN(CC(Cl)=CCl)c1ccccc1C#N. The van der Waals surface area contributed by atoms with Gasteiger partial charge in [0.2, 0.25) is 0 Å². The number of hydrogen-bond donors (Lipinski definition) is 0. The van der Waals surface area contributed by atoms with Crippen LogP contribution in [0, 0.1) is 11.3 Å². The molecular formula is C11H10Cl2N2. The zero-order chi connectivity index (χ0) is 11.3. The minimum Gasteiger partial charge on any atom is -0.368 e. The number of benzene rings is 1. The third-order valence-electron chi connectivity index (χ3n) is 1.94. The van der Waals surface area contributed by atoms with Crippen LogP contribution in [0.4, 0.5) is 5.69 Å². The summed E-state index contributed by atoms with van der Waals surface area (Å²) in [6.07, 6.45) is 0. The van der Waals surface area contributed by atoms with Crippen LogP contribution in [0.25, 0.3) is 0 Å². The Morgan fingerprint density at radius 2 is 2.20 bits per heavy atom. The van der Waals surface area contributed by atoms with Gasteiger partial charge in [-0.2, -0.15) is 5.26 Å². The molecule has 0 aliphatic rings. The fourth-order valence-electron chi connectivity index (χ4n) is 1.25. The number of anilines is 1. The van der Waals surface area contributed by atoms with Crippen LogP contribution < -0.4 is 4.90 Å². The largest absolute Gasteiger partial charge is 0.368 e. The van der Waals surface area contributed by atoms with E-state index in [1.807, 2.05) is 30.1 Å². The van der Waals surface area contributed by atoms with E-state index in [1.54, 1.807) is 6.07 Å². The van der Waals surface area contributed by atoms with Crippen LogP contribution >= 0.6 is 23.2 Å². The van der Waals surface area contributed by atoms with E-state index in [0.29, 0.717) is 17.1 Å². The molecule has 2 nitrogen and oxygen atoms in total. The van der Waals surface area contributed by atoms with Crippen LogP contribution in [0.3, 0.4) is 0 Å². The molecule has 0 bridgehead atoms. The lowest BCUT2D eigenvalue weighted by molar-refractivity contribution is 1.02. The highest BCUT2D eigenvalue weighted by atomic mass is 35.5. The Bertz CT molecular complexity index is 407. The van der Waals surface area contributed by atoms with E-state index in [-0.39, 0.29) is 0 Å². The fourth-order valence-corrected chi connectivity index (χ4v) is 1.50. The first-order chi connectivity index (χ1) is 7.19. The lowest BCUT2D eigenvalue weighted by atomic mass is 10.2. The Morgan fingerprint density at radius 1 is 1.53 bits per heavy atom. The molecule has 0 heterocycles. The maximum Gasteiger partial charge on any atom is 0.101 e. The molecule has 0 saturated heterocycles. The maximum absolute atomic E-state index is 8.91. The lowest BCUT2D eigenvalue weighted by Crippen LogP contribution is -2.19. The summed E-state index contributed by atoms with van der Waals surface area (Å²) in [5.41, 5.74) is 2.79. The summed E-state index contributed by atoms with van der Waals surface area (Å²) in [6, 6.07) is 9.48. The summed E-state index contributed by atoms with van der Waals surface area (Å²) in [7, 11) is 1.86. The predicted octanol–water partition coefficient (Wildman–Crippen LogP) is 3.31. The number of hydrogen-bond acceptors (Lipinski definition) is 2. The topological polar surface area (TPSA) is 27.0 Å². The second-order valence-electron chi connectivity index (χ2n) is 3.04. The van der Waals surface area contributed by atoms with E-state index in [2.05, 4.69) is 6.07 Å². The van der Waals surface area contributed by atoms with Crippen molar-refractivity contribution in [1.29, 1.82) is 5.26 Å². The third-order valence-corrected chi connectivity index (χ3v) is 2.55. The number of likely N-dealkylation sites (N-methyl/N-ethyl adjacent to an activating group) is 1. The van der Waals surface area contributed by atoms with Crippen molar-refractivity contribution in [2.24, 2.45) is 0 Å². The molecule has 0 aliphatic heterocycles. The molecule has 0 aliphatic carbocycles. The van der Waals surface area contributed by atoms with Gasteiger partial charge >= 0.3 is 0 Å². The van der Waals surface area contributed by atoms with Gasteiger partial charge < -0.3 is 4.90 Å². The van der Waals surface area contributed by atoms with E-state index in [9.17, 15) is 0 Å². The van der Waals surface area contributed by atoms with E-state index < -0.39 is 0 Å². The molecule has 78 valence electrons. The highest BCUT2D eigenvalue weighted by molar-refractivity contribution is 6.36. The van der Waals surface area contributed by atoms with Gasteiger partial charge in [0, 0.05) is 17.6 Å². The molecule has 1 aromatic rings. The van der Waals surface area contributed by atoms with Crippen molar-refractivity contribution in [2.45, 2.75) is 0 Å². The number of nitrogens with zero attached hydrogens (tertiary/aromatic N) is 2. The minimum absolute atomic E-state index is 0.490. The fraction of sp³-hybridized carbons (Fsp3) is 0.182. The Kier molecular flexibility index (Phi) is 4.48. The standard InChI is InChI=1S/C11H10Cl2N2/c1-15(8-10(13)6-12)11-5-3-2-4-9(11)7-14/h2-6H,8H2,1H3. The van der Waals surface area contributed by atoms with E-state index >= 15 is 0 Å². The highest BCUT2D eigenvalue weighted by Gasteiger charge is 2.06. The Balaban J connectivity index is 2.92. The molecule has 15 heavy (non-hydrogen) atoms. The highest BCUT2D eigenvalue weighted by Crippen LogP contribution is 2.19. The third kappa shape index (κ3) is 3.16. The van der Waals surface area contributed by atoms with Gasteiger partial charge in [0.15, 0.2) is 0 Å². The summed E-state index contributed by atoms with van der Waals surface area (Å²) in [5, 5.41) is 9.44. The quantitative estimate of drug-likeness (QED) is 0.811. The maximum atomic E-state index is 8.91. The second kappa shape index (κ2) is 5.65. The number of rotatable bonds is 3. The Hall–Kier alpha value is -1.17. The van der Waals surface area contributed by atoms with Crippen molar-refractivity contribution in [3.8, 4) is 6.07 Å². The molecule has 4 heteroatoms. The van der Waals surface area contributed by atoms with Crippen LogP contribution in [-0.4, -0.2) is 13.6 Å². The lowest BCUT2D eigenvalue weighted by Gasteiger charge is -2.19. The molecule has 0 N–H and O–H groups in total. The van der Waals surface area contributed by atoms with Gasteiger partial charge in [0.25, 0.3) is 0 Å². The van der Waals surface area contributed by atoms with Crippen molar-refractivity contribution >= 4 is 28.9 Å². The molecule has 1 rings (SSSR count). The number of nitriles is 1. The van der Waals surface area contributed by atoms with Gasteiger partial charge in [0.05, 0.1) is 17.8 Å². The molecule has 0 spiro atoms. The number of para-hydroxylation sites is 1. The van der Waals surface area contributed by atoms with Gasteiger partial charge in [-0.1, -0.05) is 35.3 Å². The van der Waals surface area contributed by atoms with Gasteiger partial charge in [-0.25, -0.2) is 0 Å². The second-order valence-corrected chi connectivity index (χ2v) is 3.74. The summed E-state index contributed by atoms with van der Waals surface area (Å²) in [5.74, 6) is 0. The van der Waals surface area contributed by atoms with Gasteiger partial charge in [0.1, 0.15) is 6.07 Å². The van der Waals surface area contributed by atoms with Crippen LogP contribution in [-0.2, 0) is 0 Å². The van der Waals surface area contributed by atoms with Crippen LogP contribution in [0.5, 0.6) is 0 Å². The van der Waals surface area contributed by atoms with Crippen molar-refractivity contribution in [3.63, 3.8) is 0 Å². The molecule has 0 unspecified atom stereocenters. The normalized spacial score (nSPS) is 10.9. The van der Waals surface area contributed by atoms with Crippen LogP contribution in [0.1, 0.15) is 5.56 Å². The predicted molar refractivity (Wildman–Crippen MR) is 64.2 cm³/mol. The average Bonchev–Trinajstić information content (AvgIpc) is 2.28. The first-order valence-corrected chi connectivity index (χ1v) is 5.15. The van der Waals surface area contributed by atoms with E-state index in [0.717, 1.165) is 5.69 Å². The van der Waals surface area contributed by atoms with Crippen molar-refractivity contribution in [2.75, 3.05) is 18.5 Å². The molecule has 0 atom stereocenters. The summed E-state index contributed by atoms with van der Waals surface area (Å²) in [4.78, 5) is 1.87. The van der Waals surface area contributed by atoms with Crippen LogP contribution in [0.2, 0.25) is 0 Å². The molecule has 0 fully saturated rings. The van der Waals surface area contributed by atoms with Crippen LogP contribution in [0.15, 0.2) is 34.8 Å². The molecule has 0 radical (unpaired) electrons. The van der Waals surface area contributed by atoms with Crippen molar-refractivity contribution < 1.29 is 0 Å². The molecule has 0 amide bonds. The van der Waals surface area contributed by atoms with Crippen molar-refractivity contribution in [1.82, 2.24) is 0 Å². The first-order valence-electron chi connectivity index (χ1n) is 4.34. The summed E-state index contributed by atoms with van der Waals surface area (Å²) in [6.45, 7) is 0.490. The molecule has 1 aromatic carbocycles. The molecular weight excluding hydrogens is 231 g/mol. The Labute approximate surface area is 99.3 Å². The smallest absolute Gasteiger partial charge is 0.101 e. The monoisotopic (exact) mass is 240 g/mol. The minimum atomic E-state index is 0.490. The van der Waals surface area contributed by atoms with E-state index in [4.69, 9.17) is 28.5 Å². The average molecular weight is 241 g/mol.